The summed E-state index contributed by atoms with van der Waals surface area (Å²) in [6.45, 7) is -0.0132. The average Bonchev–Trinajstić information content (AvgIpc) is 2.53. The lowest BCUT2D eigenvalue weighted by Crippen LogP contribution is -2.47. The highest BCUT2D eigenvalue weighted by Crippen LogP contribution is 2.19. The standard InChI is InChI=1S/C14H22F6N4O2.2ClH/c15-13(16,17)11(25)23-7-1-3-21-5-10-24(12(26)14(18,19)20)8-2-4-22-6-9-23;;/h21-22H,1-10H2;2*1H. The first-order chi connectivity index (χ1) is 12.0. The van der Waals surface area contributed by atoms with Crippen molar-refractivity contribution in [1.29, 1.82) is 0 Å². The van der Waals surface area contributed by atoms with Crippen molar-refractivity contribution in [2.45, 2.75) is 25.2 Å². The zero-order valence-electron chi connectivity index (χ0n) is 14.9. The number of carbonyl (C=O) groups is 2. The molecular weight excluding hydrogens is 441 g/mol. The molecule has 14 heteroatoms. The van der Waals surface area contributed by atoms with E-state index < -0.39 is 24.2 Å². The summed E-state index contributed by atoms with van der Waals surface area (Å²) in [5.41, 5.74) is 0. The summed E-state index contributed by atoms with van der Waals surface area (Å²) < 4.78 is 75.4. The molecule has 0 aromatic carbocycles. The molecule has 0 bridgehead atoms. The molecule has 168 valence electrons. The lowest BCUT2D eigenvalue weighted by Gasteiger charge is -2.26. The summed E-state index contributed by atoms with van der Waals surface area (Å²) in [6, 6.07) is 0. The Hall–Kier alpha value is -0.980. The molecule has 1 heterocycles. The third-order valence-corrected chi connectivity index (χ3v) is 3.74. The average molecular weight is 465 g/mol. The van der Waals surface area contributed by atoms with Gasteiger partial charge in [-0.1, -0.05) is 0 Å². The highest BCUT2D eigenvalue weighted by Gasteiger charge is 2.43. The van der Waals surface area contributed by atoms with Crippen molar-refractivity contribution in [3.8, 4) is 0 Å². The van der Waals surface area contributed by atoms with Gasteiger partial charge < -0.3 is 20.4 Å². The van der Waals surface area contributed by atoms with Crippen LogP contribution >= 0.6 is 24.8 Å². The maximum absolute atomic E-state index is 12.6. The second-order valence-electron chi connectivity index (χ2n) is 5.79. The third kappa shape index (κ3) is 10.5. The normalized spacial score (nSPS) is 18.4. The quantitative estimate of drug-likeness (QED) is 0.534. The van der Waals surface area contributed by atoms with Crippen LogP contribution in [0.15, 0.2) is 0 Å². The molecule has 1 aliphatic rings. The van der Waals surface area contributed by atoms with E-state index >= 15 is 0 Å². The molecule has 1 aliphatic heterocycles. The van der Waals surface area contributed by atoms with E-state index in [1.54, 1.807) is 0 Å². The summed E-state index contributed by atoms with van der Waals surface area (Å²) in [6.07, 6.45) is -9.49. The van der Waals surface area contributed by atoms with Crippen molar-refractivity contribution in [2.75, 3.05) is 52.4 Å². The number of hydrogen-bond acceptors (Lipinski definition) is 4. The smallest absolute Gasteiger partial charge is 0.334 e. The van der Waals surface area contributed by atoms with Crippen molar-refractivity contribution in [3.05, 3.63) is 0 Å². The predicted molar refractivity (Wildman–Crippen MR) is 94.7 cm³/mol. The van der Waals surface area contributed by atoms with E-state index in [1.165, 1.54) is 0 Å². The number of rotatable bonds is 0. The topological polar surface area (TPSA) is 64.7 Å². The van der Waals surface area contributed by atoms with Crippen molar-refractivity contribution in [3.63, 3.8) is 0 Å². The first kappa shape index (κ1) is 29.2. The van der Waals surface area contributed by atoms with Gasteiger partial charge in [0.05, 0.1) is 0 Å². The van der Waals surface area contributed by atoms with Crippen LogP contribution in [0.3, 0.4) is 0 Å². The van der Waals surface area contributed by atoms with E-state index in [0.29, 0.717) is 9.80 Å². The van der Waals surface area contributed by atoms with Gasteiger partial charge in [0, 0.05) is 39.3 Å². The lowest BCUT2D eigenvalue weighted by molar-refractivity contribution is -0.185. The molecule has 1 rings (SSSR count). The fraction of sp³-hybridized carbons (Fsp3) is 0.857. The van der Waals surface area contributed by atoms with Crippen LogP contribution in [0.25, 0.3) is 0 Å². The molecule has 0 aliphatic carbocycles. The van der Waals surface area contributed by atoms with Crippen molar-refractivity contribution in [2.24, 2.45) is 0 Å². The minimum atomic E-state index is -4.95. The molecule has 0 unspecified atom stereocenters. The molecule has 28 heavy (non-hydrogen) atoms. The van der Waals surface area contributed by atoms with Crippen LogP contribution in [0.1, 0.15) is 12.8 Å². The highest BCUT2D eigenvalue weighted by molar-refractivity contribution is 5.85. The van der Waals surface area contributed by atoms with Crippen LogP contribution < -0.4 is 10.6 Å². The first-order valence-electron chi connectivity index (χ1n) is 8.17. The van der Waals surface area contributed by atoms with Crippen LogP contribution in [0.2, 0.25) is 0 Å². The van der Waals surface area contributed by atoms with Crippen molar-refractivity contribution < 1.29 is 35.9 Å². The molecule has 6 nitrogen and oxygen atoms in total. The molecule has 1 saturated heterocycles. The zero-order valence-corrected chi connectivity index (χ0v) is 16.5. The molecule has 2 amide bonds. The monoisotopic (exact) mass is 464 g/mol. The number of nitrogens with one attached hydrogen (secondary N) is 2. The van der Waals surface area contributed by atoms with Crippen LogP contribution in [0.4, 0.5) is 26.3 Å². The molecule has 0 aromatic heterocycles. The second kappa shape index (κ2) is 13.3. The van der Waals surface area contributed by atoms with Gasteiger partial charge in [0.15, 0.2) is 0 Å². The number of hydrogen-bond donors (Lipinski definition) is 2. The summed E-state index contributed by atoms with van der Waals surface area (Å²) in [5, 5.41) is 5.56. The molecule has 0 aromatic rings. The summed E-state index contributed by atoms with van der Waals surface area (Å²) in [7, 11) is 0. The van der Waals surface area contributed by atoms with Crippen LogP contribution in [0.5, 0.6) is 0 Å². The number of amides is 2. The van der Waals surface area contributed by atoms with Gasteiger partial charge in [0.2, 0.25) is 0 Å². The van der Waals surface area contributed by atoms with Gasteiger partial charge >= 0.3 is 24.2 Å². The predicted octanol–water partition coefficient (Wildman–Crippen LogP) is 1.58. The number of alkyl halides is 6. The fourth-order valence-electron chi connectivity index (χ4n) is 2.46. The molecular formula is C14H24Cl2F6N4O2. The van der Waals surface area contributed by atoms with Crippen LogP contribution in [-0.4, -0.2) is 86.3 Å². The number of nitrogens with zero attached hydrogens (tertiary/aromatic N) is 2. The minimum Gasteiger partial charge on any atom is -0.334 e. The van der Waals surface area contributed by atoms with E-state index in [4.69, 9.17) is 0 Å². The van der Waals surface area contributed by atoms with E-state index in [0.717, 1.165) is 0 Å². The molecule has 2 N–H and O–H groups in total. The Labute approximate surface area is 171 Å². The van der Waals surface area contributed by atoms with Crippen molar-refractivity contribution in [1.82, 2.24) is 20.4 Å². The largest absolute Gasteiger partial charge is 0.471 e. The maximum atomic E-state index is 12.6. The van der Waals surface area contributed by atoms with Gasteiger partial charge in [-0.3, -0.25) is 9.59 Å². The molecule has 1 fully saturated rings. The van der Waals surface area contributed by atoms with Gasteiger partial charge in [0.25, 0.3) is 0 Å². The van der Waals surface area contributed by atoms with E-state index in [-0.39, 0.29) is 90.0 Å². The molecule has 0 atom stereocenters. The van der Waals surface area contributed by atoms with E-state index in [2.05, 4.69) is 10.6 Å². The number of halogens is 8. The van der Waals surface area contributed by atoms with Crippen LogP contribution in [0, 0.1) is 0 Å². The molecule has 0 spiro atoms. The Morgan fingerprint density at radius 3 is 1.21 bits per heavy atom. The van der Waals surface area contributed by atoms with Crippen molar-refractivity contribution >= 4 is 36.6 Å². The Kier molecular flexibility index (Phi) is 13.9. The van der Waals surface area contributed by atoms with Crippen LogP contribution in [-0.2, 0) is 9.59 Å². The maximum Gasteiger partial charge on any atom is 0.471 e. The van der Waals surface area contributed by atoms with Gasteiger partial charge in [0.1, 0.15) is 0 Å². The fourth-order valence-corrected chi connectivity index (χ4v) is 2.46. The minimum absolute atomic E-state index is 0. The Balaban J connectivity index is 0. The Morgan fingerprint density at radius 1 is 0.607 bits per heavy atom. The first-order valence-corrected chi connectivity index (χ1v) is 8.17. The van der Waals surface area contributed by atoms with Gasteiger partial charge in [-0.25, -0.2) is 0 Å². The molecule has 0 saturated carbocycles. The zero-order chi connectivity index (χ0) is 19.8. The van der Waals surface area contributed by atoms with Gasteiger partial charge in [-0.2, -0.15) is 26.3 Å². The van der Waals surface area contributed by atoms with E-state index in [1.807, 2.05) is 0 Å². The Bertz CT molecular complexity index is 422. The van der Waals surface area contributed by atoms with Gasteiger partial charge in [-0.05, 0) is 25.9 Å². The number of carbonyl (C=O) groups excluding carboxylic acids is 2. The van der Waals surface area contributed by atoms with E-state index in [9.17, 15) is 35.9 Å². The van der Waals surface area contributed by atoms with Gasteiger partial charge in [-0.15, -0.1) is 24.8 Å². The summed E-state index contributed by atoms with van der Waals surface area (Å²) in [5.74, 6) is -3.82. The molecule has 0 radical (unpaired) electrons. The highest BCUT2D eigenvalue weighted by atomic mass is 35.5. The third-order valence-electron chi connectivity index (χ3n) is 3.74. The Morgan fingerprint density at radius 2 is 0.929 bits per heavy atom. The summed E-state index contributed by atoms with van der Waals surface area (Å²) in [4.78, 5) is 24.2. The summed E-state index contributed by atoms with van der Waals surface area (Å²) >= 11 is 0. The lowest BCUT2D eigenvalue weighted by atomic mass is 10.3. The SMILES string of the molecule is Cl.Cl.O=C(N1CCCNCCN(C(=O)C(F)(F)F)CCCNCC1)C(F)(F)F. The second-order valence-corrected chi connectivity index (χ2v) is 5.79.